The molecule has 3 rings (SSSR count). The number of aryl methyl sites for hydroxylation is 1. The number of hydrogen-bond acceptors (Lipinski definition) is 4. The lowest BCUT2D eigenvalue weighted by Crippen LogP contribution is -2.30. The number of aromatic nitrogens is 2. The molecule has 0 amide bonds. The highest BCUT2D eigenvalue weighted by Gasteiger charge is 2.25. The minimum Gasteiger partial charge on any atom is -0.379 e. The molecule has 5 heteroatoms. The van der Waals surface area contributed by atoms with E-state index in [0.717, 1.165) is 31.1 Å². The smallest absolute Gasteiger partial charge is 0.105 e. The Kier molecular flexibility index (Phi) is 4.10. The van der Waals surface area contributed by atoms with Crippen molar-refractivity contribution in [2.24, 2.45) is 0 Å². The zero-order valence-corrected chi connectivity index (χ0v) is 12.6. The molecule has 2 aromatic rings. The number of ether oxygens (including phenoxy) is 1. The molecular formula is C15H19N3OS. The SMILES string of the molecule is CNCc1c(C)nn(-c2ccccc2)c1SC1COC1. The molecule has 0 aliphatic carbocycles. The van der Waals surface area contributed by atoms with Gasteiger partial charge in [-0.2, -0.15) is 5.10 Å². The van der Waals surface area contributed by atoms with Crippen LogP contribution in [-0.2, 0) is 11.3 Å². The van der Waals surface area contributed by atoms with Crippen molar-refractivity contribution in [2.45, 2.75) is 23.7 Å². The molecule has 1 aromatic carbocycles. The van der Waals surface area contributed by atoms with E-state index in [1.54, 1.807) is 0 Å². The van der Waals surface area contributed by atoms with E-state index in [0.29, 0.717) is 5.25 Å². The fourth-order valence-corrected chi connectivity index (χ4v) is 3.48. The normalized spacial score (nSPS) is 15.3. The molecule has 0 unspecified atom stereocenters. The summed E-state index contributed by atoms with van der Waals surface area (Å²) in [6.07, 6.45) is 0. The third-order valence-corrected chi connectivity index (χ3v) is 4.63. The van der Waals surface area contributed by atoms with E-state index in [9.17, 15) is 0 Å². The van der Waals surface area contributed by atoms with Crippen LogP contribution in [0.4, 0.5) is 0 Å². The van der Waals surface area contributed by atoms with Crippen LogP contribution < -0.4 is 5.32 Å². The highest BCUT2D eigenvalue weighted by Crippen LogP contribution is 2.33. The molecule has 20 heavy (non-hydrogen) atoms. The average molecular weight is 289 g/mol. The maximum absolute atomic E-state index is 5.29. The quantitative estimate of drug-likeness (QED) is 0.917. The van der Waals surface area contributed by atoms with Gasteiger partial charge in [-0.15, -0.1) is 0 Å². The monoisotopic (exact) mass is 289 g/mol. The van der Waals surface area contributed by atoms with Gasteiger partial charge in [0, 0.05) is 12.1 Å². The second-order valence-electron chi connectivity index (χ2n) is 4.92. The van der Waals surface area contributed by atoms with E-state index in [1.165, 1.54) is 10.6 Å². The van der Waals surface area contributed by atoms with Crippen LogP contribution in [0.5, 0.6) is 0 Å². The van der Waals surface area contributed by atoms with Crippen molar-refractivity contribution in [3.05, 3.63) is 41.6 Å². The summed E-state index contributed by atoms with van der Waals surface area (Å²) in [5.41, 5.74) is 3.49. The Balaban J connectivity index is 2.01. The Hall–Kier alpha value is -1.30. The summed E-state index contributed by atoms with van der Waals surface area (Å²) in [7, 11) is 1.97. The van der Waals surface area contributed by atoms with Gasteiger partial charge in [-0.25, -0.2) is 4.68 Å². The molecule has 2 heterocycles. The Morgan fingerprint density at radius 3 is 2.70 bits per heavy atom. The predicted molar refractivity (Wildman–Crippen MR) is 81.5 cm³/mol. The summed E-state index contributed by atoms with van der Waals surface area (Å²) in [5, 5.41) is 9.75. The van der Waals surface area contributed by atoms with Gasteiger partial charge in [-0.3, -0.25) is 0 Å². The molecule has 1 aromatic heterocycles. The van der Waals surface area contributed by atoms with Gasteiger partial charge in [-0.05, 0) is 26.1 Å². The summed E-state index contributed by atoms with van der Waals surface area (Å²) in [4.78, 5) is 0. The molecular weight excluding hydrogens is 270 g/mol. The summed E-state index contributed by atoms with van der Waals surface area (Å²) >= 11 is 1.87. The zero-order valence-electron chi connectivity index (χ0n) is 11.8. The topological polar surface area (TPSA) is 39.1 Å². The fourth-order valence-electron chi connectivity index (χ4n) is 2.22. The third kappa shape index (κ3) is 2.61. The molecule has 106 valence electrons. The van der Waals surface area contributed by atoms with Gasteiger partial charge in [0.15, 0.2) is 0 Å². The minimum atomic E-state index is 0.546. The highest BCUT2D eigenvalue weighted by molar-refractivity contribution is 8.00. The maximum atomic E-state index is 5.29. The molecule has 4 nitrogen and oxygen atoms in total. The van der Waals surface area contributed by atoms with Gasteiger partial charge in [0.25, 0.3) is 0 Å². The Labute approximate surface area is 123 Å². The van der Waals surface area contributed by atoms with E-state index in [-0.39, 0.29) is 0 Å². The molecule has 0 spiro atoms. The van der Waals surface area contributed by atoms with Crippen LogP contribution in [0, 0.1) is 6.92 Å². The van der Waals surface area contributed by atoms with Crippen LogP contribution in [0.3, 0.4) is 0 Å². The van der Waals surface area contributed by atoms with Crippen LogP contribution in [0.25, 0.3) is 5.69 Å². The standard InChI is InChI=1S/C15H19N3OS/c1-11-14(8-16-2)15(20-13-9-19-10-13)18(17-11)12-6-4-3-5-7-12/h3-7,13,16H,8-10H2,1-2H3. The van der Waals surface area contributed by atoms with Gasteiger partial charge in [0.2, 0.25) is 0 Å². The molecule has 1 N–H and O–H groups in total. The lowest BCUT2D eigenvalue weighted by Gasteiger charge is -2.25. The van der Waals surface area contributed by atoms with E-state index < -0.39 is 0 Å². The average Bonchev–Trinajstić information content (AvgIpc) is 2.73. The number of para-hydroxylation sites is 1. The van der Waals surface area contributed by atoms with E-state index in [1.807, 2.05) is 37.0 Å². The van der Waals surface area contributed by atoms with Crippen LogP contribution >= 0.6 is 11.8 Å². The first-order valence-electron chi connectivity index (χ1n) is 6.82. The van der Waals surface area contributed by atoms with Crippen molar-refractivity contribution < 1.29 is 4.74 Å². The summed E-state index contributed by atoms with van der Waals surface area (Å²) in [6.45, 7) is 4.59. The summed E-state index contributed by atoms with van der Waals surface area (Å²) < 4.78 is 7.35. The van der Waals surface area contributed by atoms with E-state index in [4.69, 9.17) is 9.84 Å². The van der Waals surface area contributed by atoms with Crippen molar-refractivity contribution in [2.75, 3.05) is 20.3 Å². The molecule has 0 radical (unpaired) electrons. The molecule has 0 bridgehead atoms. The fraction of sp³-hybridized carbons (Fsp3) is 0.400. The first kappa shape index (κ1) is 13.7. The largest absolute Gasteiger partial charge is 0.379 e. The number of rotatable bonds is 5. The maximum Gasteiger partial charge on any atom is 0.105 e. The number of hydrogen-bond donors (Lipinski definition) is 1. The molecule has 1 aliphatic heterocycles. The highest BCUT2D eigenvalue weighted by atomic mass is 32.2. The lowest BCUT2D eigenvalue weighted by molar-refractivity contribution is 0.0454. The second-order valence-corrected chi connectivity index (χ2v) is 6.21. The minimum absolute atomic E-state index is 0.546. The number of nitrogens with one attached hydrogen (secondary N) is 1. The van der Waals surface area contributed by atoms with Gasteiger partial charge in [0.05, 0.1) is 29.8 Å². The number of thioether (sulfide) groups is 1. The van der Waals surface area contributed by atoms with Crippen molar-refractivity contribution in [3.63, 3.8) is 0 Å². The number of nitrogens with zero attached hydrogens (tertiary/aromatic N) is 2. The van der Waals surface area contributed by atoms with Gasteiger partial charge in [0.1, 0.15) is 5.03 Å². The van der Waals surface area contributed by atoms with Crippen LogP contribution in [0.15, 0.2) is 35.4 Å². The lowest BCUT2D eigenvalue weighted by atomic mass is 10.2. The molecule has 0 atom stereocenters. The van der Waals surface area contributed by atoms with Crippen LogP contribution in [0.1, 0.15) is 11.3 Å². The van der Waals surface area contributed by atoms with Crippen LogP contribution in [0.2, 0.25) is 0 Å². The number of benzene rings is 1. The Morgan fingerprint density at radius 2 is 2.10 bits per heavy atom. The first-order chi connectivity index (χ1) is 9.79. The van der Waals surface area contributed by atoms with E-state index >= 15 is 0 Å². The molecule has 1 aliphatic rings. The molecule has 1 saturated heterocycles. The predicted octanol–water partition coefficient (Wildman–Crippen LogP) is 2.39. The van der Waals surface area contributed by atoms with Crippen LogP contribution in [-0.4, -0.2) is 35.3 Å². The van der Waals surface area contributed by atoms with Crippen molar-refractivity contribution >= 4 is 11.8 Å². The summed E-state index contributed by atoms with van der Waals surface area (Å²) in [6, 6.07) is 10.3. The van der Waals surface area contributed by atoms with E-state index in [2.05, 4.69) is 29.1 Å². The van der Waals surface area contributed by atoms with Crippen molar-refractivity contribution in [1.29, 1.82) is 0 Å². The first-order valence-corrected chi connectivity index (χ1v) is 7.70. The van der Waals surface area contributed by atoms with Gasteiger partial charge in [-0.1, -0.05) is 30.0 Å². The Bertz CT molecular complexity index is 578. The second kappa shape index (κ2) is 5.99. The van der Waals surface area contributed by atoms with Crippen molar-refractivity contribution in [3.8, 4) is 5.69 Å². The van der Waals surface area contributed by atoms with Crippen molar-refractivity contribution in [1.82, 2.24) is 15.1 Å². The van der Waals surface area contributed by atoms with Gasteiger partial charge >= 0.3 is 0 Å². The molecule has 1 fully saturated rings. The molecule has 0 saturated carbocycles. The zero-order chi connectivity index (χ0) is 13.9. The third-order valence-electron chi connectivity index (χ3n) is 3.38. The summed E-state index contributed by atoms with van der Waals surface area (Å²) in [5.74, 6) is 0. The Morgan fingerprint density at radius 1 is 1.35 bits per heavy atom. The van der Waals surface area contributed by atoms with Gasteiger partial charge < -0.3 is 10.1 Å².